The first-order chi connectivity index (χ1) is 12.7. The van der Waals surface area contributed by atoms with Crippen molar-refractivity contribution >= 4 is 5.91 Å². The molecule has 0 bridgehead atoms. The second-order valence-electron chi connectivity index (χ2n) is 6.94. The Morgan fingerprint density at radius 1 is 0.923 bits per heavy atom. The average Bonchev–Trinajstić information content (AvgIpc) is 2.66. The SMILES string of the molecule is NCCC[C@H](N)CNC(=O)CC(Cc1ccccc1)Cc1ccccc1. The summed E-state index contributed by atoms with van der Waals surface area (Å²) in [6.07, 6.45) is 4.02. The highest BCUT2D eigenvalue weighted by atomic mass is 16.1. The molecule has 0 aliphatic carbocycles. The first-order valence-corrected chi connectivity index (χ1v) is 9.47. The van der Waals surface area contributed by atoms with E-state index in [1.54, 1.807) is 0 Å². The van der Waals surface area contributed by atoms with Crippen molar-refractivity contribution in [1.82, 2.24) is 5.32 Å². The van der Waals surface area contributed by atoms with Crippen LogP contribution < -0.4 is 16.8 Å². The normalized spacial score (nSPS) is 12.1. The van der Waals surface area contributed by atoms with Gasteiger partial charge in [-0.1, -0.05) is 60.7 Å². The van der Waals surface area contributed by atoms with Crippen molar-refractivity contribution in [3.8, 4) is 0 Å². The molecule has 140 valence electrons. The predicted octanol–water partition coefficient (Wildman–Crippen LogP) is 2.66. The third kappa shape index (κ3) is 7.81. The van der Waals surface area contributed by atoms with Crippen LogP contribution in [-0.4, -0.2) is 25.0 Å². The summed E-state index contributed by atoms with van der Waals surface area (Å²) in [6.45, 7) is 1.15. The molecule has 0 spiro atoms. The van der Waals surface area contributed by atoms with Gasteiger partial charge in [0.1, 0.15) is 0 Å². The zero-order valence-corrected chi connectivity index (χ0v) is 15.4. The van der Waals surface area contributed by atoms with Crippen molar-refractivity contribution in [3.63, 3.8) is 0 Å². The second kappa shape index (κ2) is 11.4. The maximum absolute atomic E-state index is 12.4. The van der Waals surface area contributed by atoms with Crippen molar-refractivity contribution < 1.29 is 4.79 Å². The molecule has 4 heteroatoms. The molecule has 0 unspecified atom stereocenters. The van der Waals surface area contributed by atoms with Crippen LogP contribution in [0.3, 0.4) is 0 Å². The minimum absolute atomic E-state index is 0.0239. The molecular formula is C22H31N3O. The predicted molar refractivity (Wildman–Crippen MR) is 108 cm³/mol. The number of hydrogen-bond acceptors (Lipinski definition) is 3. The highest BCUT2D eigenvalue weighted by molar-refractivity contribution is 5.76. The van der Waals surface area contributed by atoms with Crippen molar-refractivity contribution in [1.29, 1.82) is 0 Å². The molecule has 2 aromatic rings. The quantitative estimate of drug-likeness (QED) is 0.581. The Balaban J connectivity index is 1.91. The van der Waals surface area contributed by atoms with Crippen LogP contribution in [0, 0.1) is 5.92 Å². The number of hydrogen-bond donors (Lipinski definition) is 3. The van der Waals surface area contributed by atoms with E-state index >= 15 is 0 Å². The van der Waals surface area contributed by atoms with Gasteiger partial charge >= 0.3 is 0 Å². The summed E-state index contributed by atoms with van der Waals surface area (Å²) in [7, 11) is 0. The van der Waals surface area contributed by atoms with Crippen LogP contribution in [0.25, 0.3) is 0 Å². The zero-order valence-electron chi connectivity index (χ0n) is 15.4. The van der Waals surface area contributed by atoms with Gasteiger partial charge < -0.3 is 16.8 Å². The number of carbonyl (C=O) groups excluding carboxylic acids is 1. The topological polar surface area (TPSA) is 81.1 Å². The molecule has 2 rings (SSSR count). The van der Waals surface area contributed by atoms with E-state index in [9.17, 15) is 4.79 Å². The van der Waals surface area contributed by atoms with E-state index in [-0.39, 0.29) is 17.9 Å². The minimum atomic E-state index is -0.0239. The van der Waals surface area contributed by atoms with Crippen LogP contribution >= 0.6 is 0 Å². The number of nitrogens with two attached hydrogens (primary N) is 2. The van der Waals surface area contributed by atoms with Crippen LogP contribution in [-0.2, 0) is 17.6 Å². The summed E-state index contributed by atoms with van der Waals surface area (Å²) >= 11 is 0. The molecule has 4 nitrogen and oxygen atoms in total. The second-order valence-corrected chi connectivity index (χ2v) is 6.94. The van der Waals surface area contributed by atoms with Crippen molar-refractivity contribution in [2.75, 3.05) is 13.1 Å². The average molecular weight is 354 g/mol. The van der Waals surface area contributed by atoms with Gasteiger partial charge in [-0.2, -0.15) is 0 Å². The lowest BCUT2D eigenvalue weighted by Crippen LogP contribution is -2.38. The van der Waals surface area contributed by atoms with Gasteiger partial charge in [-0.3, -0.25) is 4.79 Å². The molecule has 1 atom stereocenters. The van der Waals surface area contributed by atoms with Crippen LogP contribution in [0.5, 0.6) is 0 Å². The van der Waals surface area contributed by atoms with Crippen LogP contribution in [0.1, 0.15) is 30.4 Å². The lowest BCUT2D eigenvalue weighted by molar-refractivity contribution is -0.122. The number of carbonyl (C=O) groups is 1. The van der Waals surface area contributed by atoms with Gasteiger partial charge in [0.2, 0.25) is 5.91 Å². The number of benzene rings is 2. The molecule has 0 aromatic heterocycles. The summed E-state index contributed by atoms with van der Waals surface area (Å²) in [6, 6.07) is 20.7. The molecule has 0 saturated heterocycles. The maximum Gasteiger partial charge on any atom is 0.220 e. The van der Waals surface area contributed by atoms with Crippen molar-refractivity contribution in [3.05, 3.63) is 71.8 Å². The van der Waals surface area contributed by atoms with Crippen LogP contribution in [0.2, 0.25) is 0 Å². The molecule has 0 radical (unpaired) electrons. The monoisotopic (exact) mass is 353 g/mol. The first-order valence-electron chi connectivity index (χ1n) is 9.47. The molecule has 0 aliphatic rings. The molecule has 5 N–H and O–H groups in total. The van der Waals surface area contributed by atoms with E-state index < -0.39 is 0 Å². The van der Waals surface area contributed by atoms with E-state index in [0.717, 1.165) is 25.7 Å². The largest absolute Gasteiger partial charge is 0.355 e. The zero-order chi connectivity index (χ0) is 18.6. The van der Waals surface area contributed by atoms with Gasteiger partial charge in [-0.15, -0.1) is 0 Å². The van der Waals surface area contributed by atoms with Crippen LogP contribution in [0.4, 0.5) is 0 Å². The Morgan fingerprint density at radius 3 is 1.96 bits per heavy atom. The Hall–Kier alpha value is -2.17. The molecule has 0 fully saturated rings. The van der Waals surface area contributed by atoms with Crippen LogP contribution in [0.15, 0.2) is 60.7 Å². The Labute approximate surface area is 157 Å². The summed E-state index contributed by atoms with van der Waals surface area (Å²) < 4.78 is 0. The van der Waals surface area contributed by atoms with E-state index in [1.165, 1.54) is 11.1 Å². The van der Waals surface area contributed by atoms with E-state index in [2.05, 4.69) is 29.6 Å². The number of rotatable bonds is 11. The standard InChI is InChI=1S/C22H31N3O/c23-13-7-12-21(24)17-25-22(26)16-20(14-18-8-3-1-4-9-18)15-19-10-5-2-6-11-19/h1-6,8-11,20-21H,7,12-17,23-24H2,(H,25,26)/t21-/m0/s1. The first kappa shape index (κ1) is 20.1. The third-order valence-corrected chi connectivity index (χ3v) is 4.55. The van der Waals surface area contributed by atoms with Gasteiger partial charge in [-0.05, 0) is 49.3 Å². The fourth-order valence-electron chi connectivity index (χ4n) is 3.17. The smallest absolute Gasteiger partial charge is 0.220 e. The van der Waals surface area contributed by atoms with E-state index in [1.807, 2.05) is 36.4 Å². The van der Waals surface area contributed by atoms with E-state index in [4.69, 9.17) is 11.5 Å². The van der Waals surface area contributed by atoms with Gasteiger partial charge in [-0.25, -0.2) is 0 Å². The minimum Gasteiger partial charge on any atom is -0.355 e. The molecule has 1 amide bonds. The summed E-state index contributed by atoms with van der Waals surface area (Å²) in [4.78, 5) is 12.4. The molecule has 0 heterocycles. The highest BCUT2D eigenvalue weighted by Crippen LogP contribution is 2.18. The molecule has 0 aliphatic heterocycles. The number of nitrogens with one attached hydrogen (secondary N) is 1. The summed E-state index contributed by atoms with van der Waals surface area (Å²) in [5.41, 5.74) is 14.0. The Bertz CT molecular complexity index is 589. The van der Waals surface area contributed by atoms with Gasteiger partial charge in [0.25, 0.3) is 0 Å². The maximum atomic E-state index is 12.4. The van der Waals surface area contributed by atoms with Gasteiger partial charge in [0, 0.05) is 19.0 Å². The Morgan fingerprint density at radius 2 is 1.46 bits per heavy atom. The van der Waals surface area contributed by atoms with Crippen molar-refractivity contribution in [2.45, 2.75) is 38.1 Å². The lowest BCUT2D eigenvalue weighted by atomic mass is 9.89. The molecular weight excluding hydrogens is 322 g/mol. The summed E-state index contributed by atoms with van der Waals surface area (Å²) in [5, 5.41) is 2.99. The lowest BCUT2D eigenvalue weighted by Gasteiger charge is -2.18. The molecule has 2 aromatic carbocycles. The fraction of sp³-hybridized carbons (Fsp3) is 0.409. The van der Waals surface area contributed by atoms with Gasteiger partial charge in [0.15, 0.2) is 0 Å². The summed E-state index contributed by atoms with van der Waals surface area (Å²) in [5.74, 6) is 0.338. The fourth-order valence-corrected chi connectivity index (χ4v) is 3.17. The van der Waals surface area contributed by atoms with Gasteiger partial charge in [0.05, 0.1) is 0 Å². The number of amides is 1. The van der Waals surface area contributed by atoms with Crippen molar-refractivity contribution in [2.24, 2.45) is 17.4 Å². The molecule has 26 heavy (non-hydrogen) atoms. The third-order valence-electron chi connectivity index (χ3n) is 4.55. The molecule has 0 saturated carbocycles. The highest BCUT2D eigenvalue weighted by Gasteiger charge is 2.16. The Kier molecular flexibility index (Phi) is 8.87. The van der Waals surface area contributed by atoms with E-state index in [0.29, 0.717) is 19.5 Å².